The quantitative estimate of drug-likeness (QED) is 0.759. The van der Waals surface area contributed by atoms with Gasteiger partial charge in [0.25, 0.3) is 0 Å². The zero-order chi connectivity index (χ0) is 13.9. The van der Waals surface area contributed by atoms with E-state index in [0.29, 0.717) is 11.7 Å². The van der Waals surface area contributed by atoms with Crippen LogP contribution < -0.4 is 10.5 Å². The van der Waals surface area contributed by atoms with Crippen molar-refractivity contribution in [1.29, 1.82) is 0 Å². The first-order chi connectivity index (χ1) is 9.72. The number of ether oxygens (including phenoxy) is 1. The molecule has 0 unspecified atom stereocenters. The molecule has 0 amide bonds. The van der Waals surface area contributed by atoms with Gasteiger partial charge in [0.2, 0.25) is 11.9 Å². The average molecular weight is 269 g/mol. The number of aromatic nitrogens is 6. The van der Waals surface area contributed by atoms with Gasteiger partial charge in [-0.25, -0.2) is 4.98 Å². The molecule has 100 valence electrons. The molecule has 8 nitrogen and oxygen atoms in total. The smallest absolute Gasteiger partial charge is 0.328 e. The first-order valence-electron chi connectivity index (χ1n) is 5.82. The van der Waals surface area contributed by atoms with E-state index in [9.17, 15) is 0 Å². The van der Waals surface area contributed by atoms with Crippen molar-refractivity contribution in [2.75, 3.05) is 5.73 Å². The standard InChI is InChI=1S/C12H11N7O/c1-8-9(3-2-4-15-8)20-12-17-10(13)16-11(18-12)19-6-5-14-7-19/h2-7H,1H3,(H2,13,16,17,18). The largest absolute Gasteiger partial charge is 0.422 e. The van der Waals surface area contributed by atoms with Crippen LogP contribution in [0.1, 0.15) is 5.69 Å². The molecule has 0 aromatic carbocycles. The fourth-order valence-corrected chi connectivity index (χ4v) is 1.58. The minimum atomic E-state index is 0.0697. The maximum Gasteiger partial charge on any atom is 0.328 e. The van der Waals surface area contributed by atoms with Crippen LogP contribution in [0.2, 0.25) is 0 Å². The van der Waals surface area contributed by atoms with E-state index in [-0.39, 0.29) is 12.0 Å². The average Bonchev–Trinajstić information content (AvgIpc) is 2.95. The molecule has 2 N–H and O–H groups in total. The Labute approximate surface area is 114 Å². The number of aryl methyl sites for hydroxylation is 1. The summed E-state index contributed by atoms with van der Waals surface area (Å²) in [4.78, 5) is 20.2. The van der Waals surface area contributed by atoms with Gasteiger partial charge >= 0.3 is 6.01 Å². The van der Waals surface area contributed by atoms with Crippen molar-refractivity contribution >= 4 is 5.95 Å². The third-order valence-corrected chi connectivity index (χ3v) is 2.52. The van der Waals surface area contributed by atoms with Gasteiger partial charge in [-0.15, -0.1) is 0 Å². The molecule has 0 aliphatic heterocycles. The van der Waals surface area contributed by atoms with Crippen molar-refractivity contribution in [3.63, 3.8) is 0 Å². The van der Waals surface area contributed by atoms with E-state index in [4.69, 9.17) is 10.5 Å². The molecule has 20 heavy (non-hydrogen) atoms. The predicted octanol–water partition coefficient (Wildman–Crippen LogP) is 1.14. The number of nitrogens with two attached hydrogens (primary N) is 1. The highest BCUT2D eigenvalue weighted by atomic mass is 16.5. The fourth-order valence-electron chi connectivity index (χ4n) is 1.58. The SMILES string of the molecule is Cc1ncccc1Oc1nc(N)nc(-n2ccnc2)n1. The summed E-state index contributed by atoms with van der Waals surface area (Å²) in [5, 5.41) is 0. The van der Waals surface area contributed by atoms with Gasteiger partial charge in [0, 0.05) is 18.6 Å². The number of hydrogen-bond donors (Lipinski definition) is 1. The molecule has 0 aliphatic carbocycles. The molecule has 0 aliphatic rings. The van der Waals surface area contributed by atoms with Crippen LogP contribution >= 0.6 is 0 Å². The Morgan fingerprint density at radius 3 is 2.85 bits per heavy atom. The molecule has 0 saturated heterocycles. The molecule has 3 aromatic rings. The lowest BCUT2D eigenvalue weighted by atomic mass is 10.3. The van der Waals surface area contributed by atoms with Crippen LogP contribution in [0.5, 0.6) is 11.8 Å². The summed E-state index contributed by atoms with van der Waals surface area (Å²) in [6.07, 6.45) is 6.56. The molecule has 3 heterocycles. The van der Waals surface area contributed by atoms with E-state index >= 15 is 0 Å². The van der Waals surface area contributed by atoms with Crippen LogP contribution in [-0.4, -0.2) is 29.5 Å². The summed E-state index contributed by atoms with van der Waals surface area (Å²) in [5.41, 5.74) is 6.40. The highest BCUT2D eigenvalue weighted by Gasteiger charge is 2.09. The molecule has 0 atom stereocenters. The zero-order valence-electron chi connectivity index (χ0n) is 10.6. The number of nitrogen functional groups attached to an aromatic ring is 1. The minimum absolute atomic E-state index is 0.0697. The molecule has 0 spiro atoms. The third-order valence-electron chi connectivity index (χ3n) is 2.52. The molecule has 0 saturated carbocycles. The molecule has 3 aromatic heterocycles. The summed E-state index contributed by atoms with van der Waals surface area (Å²) in [6, 6.07) is 3.65. The summed E-state index contributed by atoms with van der Waals surface area (Å²) in [5.74, 6) is 0.974. The van der Waals surface area contributed by atoms with Crippen LogP contribution in [-0.2, 0) is 0 Å². The Morgan fingerprint density at radius 2 is 2.10 bits per heavy atom. The van der Waals surface area contributed by atoms with Crippen LogP contribution in [0.15, 0.2) is 37.1 Å². The molecular weight excluding hydrogens is 258 g/mol. The van der Waals surface area contributed by atoms with E-state index in [2.05, 4.69) is 24.9 Å². The zero-order valence-corrected chi connectivity index (χ0v) is 10.6. The summed E-state index contributed by atoms with van der Waals surface area (Å²) < 4.78 is 7.20. The van der Waals surface area contributed by atoms with Gasteiger partial charge in [0.15, 0.2) is 5.75 Å². The van der Waals surface area contributed by atoms with Crippen molar-refractivity contribution in [2.24, 2.45) is 0 Å². The Kier molecular flexibility index (Phi) is 2.96. The van der Waals surface area contributed by atoms with Gasteiger partial charge in [-0.05, 0) is 19.1 Å². The lowest BCUT2D eigenvalue weighted by Crippen LogP contribution is -2.06. The van der Waals surface area contributed by atoms with E-state index in [0.717, 1.165) is 5.69 Å². The van der Waals surface area contributed by atoms with Crippen LogP contribution in [0, 0.1) is 6.92 Å². The number of hydrogen-bond acceptors (Lipinski definition) is 7. The normalized spacial score (nSPS) is 10.4. The van der Waals surface area contributed by atoms with Gasteiger partial charge in [-0.3, -0.25) is 9.55 Å². The third kappa shape index (κ3) is 2.39. The number of anilines is 1. The minimum Gasteiger partial charge on any atom is -0.422 e. The van der Waals surface area contributed by atoms with Crippen molar-refractivity contribution in [3.8, 4) is 17.7 Å². The first kappa shape index (κ1) is 12.0. The second-order valence-corrected chi connectivity index (χ2v) is 3.94. The molecule has 0 fully saturated rings. The van der Waals surface area contributed by atoms with Crippen LogP contribution in [0.25, 0.3) is 5.95 Å². The molecular formula is C12H11N7O. The number of pyridine rings is 1. The lowest BCUT2D eigenvalue weighted by molar-refractivity contribution is 0.434. The van der Waals surface area contributed by atoms with Crippen molar-refractivity contribution < 1.29 is 4.74 Å². The summed E-state index contributed by atoms with van der Waals surface area (Å²) in [7, 11) is 0. The predicted molar refractivity (Wildman–Crippen MR) is 70.4 cm³/mol. The van der Waals surface area contributed by atoms with Gasteiger partial charge in [0.1, 0.15) is 6.33 Å². The maximum absolute atomic E-state index is 5.67. The van der Waals surface area contributed by atoms with Gasteiger partial charge < -0.3 is 10.5 Å². The Morgan fingerprint density at radius 1 is 1.20 bits per heavy atom. The Balaban J connectivity index is 1.97. The van der Waals surface area contributed by atoms with Crippen LogP contribution in [0.3, 0.4) is 0 Å². The molecule has 8 heteroatoms. The van der Waals surface area contributed by atoms with Crippen molar-refractivity contribution in [1.82, 2.24) is 29.5 Å². The Hall–Kier alpha value is -3.03. The van der Waals surface area contributed by atoms with E-state index in [1.165, 1.54) is 0 Å². The van der Waals surface area contributed by atoms with Gasteiger partial charge in [-0.1, -0.05) is 0 Å². The van der Waals surface area contributed by atoms with Gasteiger partial charge in [0.05, 0.1) is 5.69 Å². The molecule has 3 rings (SSSR count). The highest BCUT2D eigenvalue weighted by Crippen LogP contribution is 2.20. The lowest BCUT2D eigenvalue weighted by Gasteiger charge is -2.07. The highest BCUT2D eigenvalue weighted by molar-refractivity contribution is 5.31. The molecule has 0 radical (unpaired) electrons. The maximum atomic E-state index is 5.67. The second-order valence-electron chi connectivity index (χ2n) is 3.94. The van der Waals surface area contributed by atoms with E-state index in [1.54, 1.807) is 41.6 Å². The van der Waals surface area contributed by atoms with E-state index in [1.807, 2.05) is 6.92 Å². The van der Waals surface area contributed by atoms with Crippen molar-refractivity contribution in [3.05, 3.63) is 42.7 Å². The van der Waals surface area contributed by atoms with Crippen molar-refractivity contribution in [2.45, 2.75) is 6.92 Å². The molecule has 0 bridgehead atoms. The van der Waals surface area contributed by atoms with Gasteiger partial charge in [-0.2, -0.15) is 15.0 Å². The second kappa shape index (κ2) is 4.92. The van der Waals surface area contributed by atoms with Crippen LogP contribution in [0.4, 0.5) is 5.95 Å². The topological polar surface area (TPSA) is 105 Å². The number of rotatable bonds is 3. The summed E-state index contributed by atoms with van der Waals surface area (Å²) >= 11 is 0. The fraction of sp³-hybridized carbons (Fsp3) is 0.0833. The monoisotopic (exact) mass is 269 g/mol. The number of imidazole rings is 1. The number of nitrogens with zero attached hydrogens (tertiary/aromatic N) is 6. The first-order valence-corrected chi connectivity index (χ1v) is 5.82. The summed E-state index contributed by atoms with van der Waals surface area (Å²) in [6.45, 7) is 1.83. The van der Waals surface area contributed by atoms with E-state index < -0.39 is 0 Å². The Bertz CT molecular complexity index is 726.